The molecule has 2 N–H and O–H groups in total. The zero-order valence-corrected chi connectivity index (χ0v) is 11.5. The second kappa shape index (κ2) is 4.87. The second-order valence-corrected chi connectivity index (χ2v) is 6.41. The van der Waals surface area contributed by atoms with Gasteiger partial charge in [-0.05, 0) is 20.3 Å². The Hall–Kier alpha value is -1.11. The maximum atomic E-state index is 12.4. The fourth-order valence-corrected chi connectivity index (χ4v) is 3.56. The molecular weight excluding hydrogens is 252 g/mol. The standard InChI is InChI=1S/C12H18N2O3S/c1-9-3-5-14(6-4-9)18(15,16)12-7-11(8-13)17-10(12)2/h3,7H,4-6,8,13H2,1-2H3. The first-order chi connectivity index (χ1) is 8.45. The molecule has 6 heteroatoms. The van der Waals surface area contributed by atoms with Crippen LogP contribution in [0.5, 0.6) is 0 Å². The SMILES string of the molecule is CC1=CCN(S(=O)(=O)c2cc(CN)oc2C)CC1. The molecule has 18 heavy (non-hydrogen) atoms. The molecule has 0 amide bonds. The van der Waals surface area contributed by atoms with E-state index < -0.39 is 10.0 Å². The van der Waals surface area contributed by atoms with E-state index in [4.69, 9.17) is 10.2 Å². The van der Waals surface area contributed by atoms with Gasteiger partial charge < -0.3 is 10.2 Å². The molecule has 100 valence electrons. The van der Waals surface area contributed by atoms with Crippen LogP contribution < -0.4 is 5.73 Å². The molecule has 1 aliphatic rings. The summed E-state index contributed by atoms with van der Waals surface area (Å²) in [5, 5.41) is 0. The van der Waals surface area contributed by atoms with Crippen LogP contribution in [0.2, 0.25) is 0 Å². The average molecular weight is 270 g/mol. The first kappa shape index (κ1) is 13.3. The van der Waals surface area contributed by atoms with E-state index >= 15 is 0 Å². The summed E-state index contributed by atoms with van der Waals surface area (Å²) in [7, 11) is -3.47. The highest BCUT2D eigenvalue weighted by atomic mass is 32.2. The maximum Gasteiger partial charge on any atom is 0.246 e. The summed E-state index contributed by atoms with van der Waals surface area (Å²) in [6, 6.07) is 1.52. The van der Waals surface area contributed by atoms with Crippen molar-refractivity contribution in [3.63, 3.8) is 0 Å². The molecule has 1 aromatic rings. The van der Waals surface area contributed by atoms with Crippen LogP contribution in [-0.4, -0.2) is 25.8 Å². The van der Waals surface area contributed by atoms with Gasteiger partial charge in [0, 0.05) is 19.2 Å². The Labute approximate surface area is 107 Å². The lowest BCUT2D eigenvalue weighted by molar-refractivity contribution is 0.427. The molecule has 0 saturated heterocycles. The van der Waals surface area contributed by atoms with Crippen LogP contribution in [0.25, 0.3) is 0 Å². The van der Waals surface area contributed by atoms with E-state index in [0.717, 1.165) is 6.42 Å². The third-order valence-electron chi connectivity index (χ3n) is 3.14. The number of aryl methyl sites for hydroxylation is 1. The van der Waals surface area contributed by atoms with Gasteiger partial charge in [-0.2, -0.15) is 4.31 Å². The summed E-state index contributed by atoms with van der Waals surface area (Å²) in [5.74, 6) is 0.900. The molecule has 0 fully saturated rings. The second-order valence-electron chi connectivity index (χ2n) is 4.50. The molecule has 0 unspecified atom stereocenters. The van der Waals surface area contributed by atoms with Gasteiger partial charge >= 0.3 is 0 Å². The molecule has 1 aliphatic heterocycles. The molecule has 0 saturated carbocycles. The summed E-state index contributed by atoms with van der Waals surface area (Å²) in [5.41, 5.74) is 6.69. The normalized spacial score (nSPS) is 17.8. The van der Waals surface area contributed by atoms with E-state index in [9.17, 15) is 8.42 Å². The Morgan fingerprint density at radius 2 is 2.17 bits per heavy atom. The van der Waals surface area contributed by atoms with Gasteiger partial charge in [0.1, 0.15) is 16.4 Å². The zero-order chi connectivity index (χ0) is 13.3. The van der Waals surface area contributed by atoms with Crippen LogP contribution in [0.4, 0.5) is 0 Å². The Morgan fingerprint density at radius 3 is 2.67 bits per heavy atom. The van der Waals surface area contributed by atoms with Crippen LogP contribution in [0.1, 0.15) is 24.9 Å². The number of furan rings is 1. The molecule has 2 rings (SSSR count). The van der Waals surface area contributed by atoms with Crippen LogP contribution >= 0.6 is 0 Å². The molecular formula is C12H18N2O3S. The summed E-state index contributed by atoms with van der Waals surface area (Å²) in [4.78, 5) is 0.232. The van der Waals surface area contributed by atoms with Crippen LogP contribution in [-0.2, 0) is 16.6 Å². The first-order valence-electron chi connectivity index (χ1n) is 5.90. The molecule has 0 radical (unpaired) electrons. The van der Waals surface area contributed by atoms with Crippen LogP contribution in [0.15, 0.2) is 27.0 Å². The molecule has 0 aromatic carbocycles. The minimum atomic E-state index is -3.47. The highest BCUT2D eigenvalue weighted by Gasteiger charge is 2.29. The summed E-state index contributed by atoms with van der Waals surface area (Å²) in [6.07, 6.45) is 2.72. The fraction of sp³-hybridized carbons (Fsp3) is 0.500. The summed E-state index contributed by atoms with van der Waals surface area (Å²) >= 11 is 0. The van der Waals surface area contributed by atoms with Crippen molar-refractivity contribution in [1.29, 1.82) is 0 Å². The minimum absolute atomic E-state index is 0.204. The molecule has 2 heterocycles. The third kappa shape index (κ3) is 2.36. The summed E-state index contributed by atoms with van der Waals surface area (Å²) in [6.45, 7) is 4.82. The maximum absolute atomic E-state index is 12.4. The summed E-state index contributed by atoms with van der Waals surface area (Å²) < 4.78 is 31.7. The molecule has 0 aliphatic carbocycles. The van der Waals surface area contributed by atoms with Gasteiger partial charge in [0.05, 0.1) is 6.54 Å². The Morgan fingerprint density at radius 1 is 1.44 bits per heavy atom. The number of nitrogens with zero attached hydrogens (tertiary/aromatic N) is 1. The minimum Gasteiger partial charge on any atom is -0.464 e. The molecule has 1 aromatic heterocycles. The first-order valence-corrected chi connectivity index (χ1v) is 7.34. The lowest BCUT2D eigenvalue weighted by Crippen LogP contribution is -2.34. The predicted octanol–water partition coefficient (Wildman–Crippen LogP) is 1.39. The van der Waals surface area contributed by atoms with Crippen molar-refractivity contribution < 1.29 is 12.8 Å². The van der Waals surface area contributed by atoms with E-state index in [1.165, 1.54) is 15.9 Å². The van der Waals surface area contributed by atoms with Crippen molar-refractivity contribution in [2.45, 2.75) is 31.7 Å². The van der Waals surface area contributed by atoms with E-state index in [0.29, 0.717) is 24.6 Å². The Balaban J connectivity index is 2.33. The highest BCUT2D eigenvalue weighted by molar-refractivity contribution is 7.89. The number of hydrogen-bond acceptors (Lipinski definition) is 4. The van der Waals surface area contributed by atoms with Gasteiger partial charge in [-0.25, -0.2) is 8.42 Å². The highest BCUT2D eigenvalue weighted by Crippen LogP contribution is 2.25. The van der Waals surface area contributed by atoms with Gasteiger partial charge in [-0.1, -0.05) is 11.6 Å². The van der Waals surface area contributed by atoms with Gasteiger partial charge in [-0.3, -0.25) is 0 Å². The monoisotopic (exact) mass is 270 g/mol. The molecule has 0 spiro atoms. The zero-order valence-electron chi connectivity index (χ0n) is 10.6. The average Bonchev–Trinajstić information content (AvgIpc) is 2.72. The molecule has 0 bridgehead atoms. The smallest absolute Gasteiger partial charge is 0.246 e. The predicted molar refractivity (Wildman–Crippen MR) is 68.5 cm³/mol. The van der Waals surface area contributed by atoms with Crippen molar-refractivity contribution in [2.24, 2.45) is 5.73 Å². The van der Waals surface area contributed by atoms with Crippen LogP contribution in [0, 0.1) is 6.92 Å². The van der Waals surface area contributed by atoms with Crippen molar-refractivity contribution >= 4 is 10.0 Å². The van der Waals surface area contributed by atoms with Crippen molar-refractivity contribution in [1.82, 2.24) is 4.31 Å². The van der Waals surface area contributed by atoms with Gasteiger partial charge in [-0.15, -0.1) is 0 Å². The van der Waals surface area contributed by atoms with E-state index in [1.807, 2.05) is 13.0 Å². The fourth-order valence-electron chi connectivity index (χ4n) is 1.99. The Kier molecular flexibility index (Phi) is 3.61. The van der Waals surface area contributed by atoms with Crippen molar-refractivity contribution in [2.75, 3.05) is 13.1 Å². The number of sulfonamides is 1. The lowest BCUT2D eigenvalue weighted by Gasteiger charge is -2.24. The number of hydrogen-bond donors (Lipinski definition) is 1. The quantitative estimate of drug-likeness (QED) is 0.842. The third-order valence-corrected chi connectivity index (χ3v) is 5.11. The Bertz CT molecular complexity index is 572. The topological polar surface area (TPSA) is 76.5 Å². The largest absolute Gasteiger partial charge is 0.464 e. The molecule has 5 nitrogen and oxygen atoms in total. The van der Waals surface area contributed by atoms with E-state index in [1.54, 1.807) is 6.92 Å². The van der Waals surface area contributed by atoms with Gasteiger partial charge in [0.15, 0.2) is 0 Å². The molecule has 0 atom stereocenters. The van der Waals surface area contributed by atoms with E-state index in [-0.39, 0.29) is 11.4 Å². The van der Waals surface area contributed by atoms with Crippen molar-refractivity contribution in [3.05, 3.63) is 29.2 Å². The lowest BCUT2D eigenvalue weighted by atomic mass is 10.1. The van der Waals surface area contributed by atoms with Crippen LogP contribution in [0.3, 0.4) is 0 Å². The van der Waals surface area contributed by atoms with Gasteiger partial charge in [0.25, 0.3) is 0 Å². The van der Waals surface area contributed by atoms with E-state index in [2.05, 4.69) is 0 Å². The van der Waals surface area contributed by atoms with Gasteiger partial charge in [0.2, 0.25) is 10.0 Å². The number of nitrogens with two attached hydrogens (primary N) is 1. The number of rotatable bonds is 3. The van der Waals surface area contributed by atoms with Crippen molar-refractivity contribution in [3.8, 4) is 0 Å².